The number of hydrogen-bond acceptors (Lipinski definition) is 6. The van der Waals surface area contributed by atoms with Gasteiger partial charge in [-0.15, -0.1) is 11.8 Å². The van der Waals surface area contributed by atoms with E-state index in [1.165, 1.54) is 0 Å². The van der Waals surface area contributed by atoms with Crippen LogP contribution in [0.1, 0.15) is 65.2 Å². The highest BCUT2D eigenvalue weighted by atomic mass is 32.2. The van der Waals surface area contributed by atoms with E-state index in [1.54, 1.807) is 23.5 Å². The van der Waals surface area contributed by atoms with E-state index in [2.05, 4.69) is 64.0 Å². The van der Waals surface area contributed by atoms with Gasteiger partial charge in [-0.3, -0.25) is 0 Å². The van der Waals surface area contributed by atoms with Gasteiger partial charge in [0.15, 0.2) is 0 Å². The average molecular weight is 434 g/mol. The zero-order valence-corrected chi connectivity index (χ0v) is 20.0. The Balaban J connectivity index is 2.10. The molecule has 2 heterocycles. The van der Waals surface area contributed by atoms with Gasteiger partial charge in [0, 0.05) is 28.8 Å². The number of rotatable bonds is 3. The van der Waals surface area contributed by atoms with Crippen molar-refractivity contribution < 1.29 is 14.6 Å². The second kappa shape index (κ2) is 7.95. The number of thioether (sulfide) groups is 2. The van der Waals surface area contributed by atoms with Crippen molar-refractivity contribution in [2.24, 2.45) is 0 Å². The Bertz CT molecular complexity index is 853. The summed E-state index contributed by atoms with van der Waals surface area (Å²) in [5, 5.41) is 14.1. The van der Waals surface area contributed by atoms with Crippen molar-refractivity contribution in [1.82, 2.24) is 4.90 Å². The Hall–Kier alpha value is -1.53. The minimum atomic E-state index is -0.240. The number of benzene rings is 1. The van der Waals surface area contributed by atoms with E-state index >= 15 is 0 Å². The maximum atomic E-state index is 12.4. The van der Waals surface area contributed by atoms with Gasteiger partial charge in [-0.2, -0.15) is 0 Å². The van der Waals surface area contributed by atoms with Gasteiger partial charge >= 0.3 is 5.97 Å². The first-order valence-electron chi connectivity index (χ1n) is 10.0. The highest BCUT2D eigenvalue weighted by Crippen LogP contribution is 2.48. The lowest BCUT2D eigenvalue weighted by Crippen LogP contribution is -2.27. The second-order valence-corrected chi connectivity index (χ2v) is 11.4. The Morgan fingerprint density at radius 2 is 1.72 bits per heavy atom. The molecule has 0 saturated heterocycles. The fraction of sp³-hybridized carbons (Fsp3) is 0.522. The molecule has 0 amide bonds. The van der Waals surface area contributed by atoms with Gasteiger partial charge in [-0.1, -0.05) is 53.3 Å². The van der Waals surface area contributed by atoms with E-state index in [0.717, 1.165) is 39.7 Å². The summed E-state index contributed by atoms with van der Waals surface area (Å²) >= 11 is 3.15. The largest absolute Gasteiger partial charge is 0.507 e. The van der Waals surface area contributed by atoms with Crippen molar-refractivity contribution in [2.45, 2.75) is 59.3 Å². The smallest absolute Gasteiger partial charge is 0.347 e. The van der Waals surface area contributed by atoms with Crippen LogP contribution in [0.2, 0.25) is 0 Å². The summed E-state index contributed by atoms with van der Waals surface area (Å²) in [4.78, 5) is 15.3. The molecule has 0 saturated carbocycles. The second-order valence-electron chi connectivity index (χ2n) is 9.40. The molecule has 29 heavy (non-hydrogen) atoms. The lowest BCUT2D eigenvalue weighted by Gasteiger charge is -2.32. The van der Waals surface area contributed by atoms with Crippen LogP contribution in [0.15, 0.2) is 27.5 Å². The molecule has 2 aliphatic heterocycles. The molecule has 4 nitrogen and oxygen atoms in total. The summed E-state index contributed by atoms with van der Waals surface area (Å²) in [5.74, 6) is 0.985. The van der Waals surface area contributed by atoms with Crippen LogP contribution in [0.25, 0.3) is 5.70 Å². The minimum absolute atomic E-state index is 0.182. The molecule has 3 rings (SSSR count). The van der Waals surface area contributed by atoms with Crippen LogP contribution in [-0.2, 0) is 20.4 Å². The first kappa shape index (κ1) is 22.2. The number of esters is 1. The topological polar surface area (TPSA) is 49.8 Å². The van der Waals surface area contributed by atoms with Gasteiger partial charge in [0.2, 0.25) is 0 Å². The molecule has 158 valence electrons. The van der Waals surface area contributed by atoms with Crippen LogP contribution in [0, 0.1) is 0 Å². The monoisotopic (exact) mass is 433 g/mol. The van der Waals surface area contributed by atoms with E-state index in [-0.39, 0.29) is 16.8 Å². The fourth-order valence-electron chi connectivity index (χ4n) is 3.54. The Kier molecular flexibility index (Phi) is 6.08. The number of phenols is 1. The van der Waals surface area contributed by atoms with Crippen molar-refractivity contribution in [3.05, 3.63) is 44.2 Å². The summed E-state index contributed by atoms with van der Waals surface area (Å²) in [7, 11) is 0. The number of nitrogens with zero attached hydrogens (tertiary/aromatic N) is 1. The summed E-state index contributed by atoms with van der Waals surface area (Å²) in [5.41, 5.74) is 3.69. The van der Waals surface area contributed by atoms with E-state index < -0.39 is 0 Å². The van der Waals surface area contributed by atoms with Crippen molar-refractivity contribution >= 4 is 35.2 Å². The molecule has 1 N–H and O–H groups in total. The number of carbonyl (C=O) groups excluding carboxylic acids is 1. The summed E-state index contributed by atoms with van der Waals surface area (Å²) in [6.45, 7) is 15.8. The Morgan fingerprint density at radius 3 is 2.24 bits per heavy atom. The summed E-state index contributed by atoms with van der Waals surface area (Å²) < 4.78 is 5.26. The minimum Gasteiger partial charge on any atom is -0.507 e. The standard InChI is InChI=1S/C23H31NO3S2/c1-8-27-21(26)19-20-24(9-10-28-19)17(13-29-20)14-11-15(22(2,3)4)18(25)16(12-14)23(5,6)7/h11-13,25H,8-10H2,1-7H3. The van der Waals surface area contributed by atoms with Gasteiger partial charge in [0.05, 0.1) is 12.3 Å². The quantitative estimate of drug-likeness (QED) is 0.607. The molecule has 0 atom stereocenters. The van der Waals surface area contributed by atoms with Crippen molar-refractivity contribution in [3.63, 3.8) is 0 Å². The number of fused-ring (bicyclic) bond motifs is 1. The summed E-state index contributed by atoms with van der Waals surface area (Å²) in [6.07, 6.45) is 0. The number of ether oxygens (including phenoxy) is 1. The lowest BCUT2D eigenvalue weighted by atomic mass is 9.78. The number of aromatic hydroxyl groups is 1. The van der Waals surface area contributed by atoms with Crippen LogP contribution in [0.3, 0.4) is 0 Å². The third kappa shape index (κ3) is 4.33. The molecule has 2 aliphatic rings. The molecule has 1 aromatic carbocycles. The van der Waals surface area contributed by atoms with Gasteiger partial charge in [-0.05, 0) is 35.4 Å². The lowest BCUT2D eigenvalue weighted by molar-refractivity contribution is -0.137. The molecule has 0 bridgehead atoms. The molecule has 0 spiro atoms. The van der Waals surface area contributed by atoms with Crippen molar-refractivity contribution in [3.8, 4) is 5.75 Å². The fourth-order valence-corrected chi connectivity index (χ4v) is 5.74. The summed E-state index contributed by atoms with van der Waals surface area (Å²) in [6, 6.07) is 4.21. The predicted octanol–water partition coefficient (Wildman–Crippen LogP) is 5.81. The molecule has 0 fully saturated rings. The normalized spacial score (nSPS) is 17.3. The highest BCUT2D eigenvalue weighted by molar-refractivity contribution is 8.09. The highest BCUT2D eigenvalue weighted by Gasteiger charge is 2.34. The van der Waals surface area contributed by atoms with E-state index in [9.17, 15) is 9.90 Å². The van der Waals surface area contributed by atoms with Crippen LogP contribution in [-0.4, -0.2) is 34.9 Å². The molecular weight excluding hydrogens is 402 g/mol. The van der Waals surface area contributed by atoms with Gasteiger partial charge in [0.1, 0.15) is 15.7 Å². The number of carbonyl (C=O) groups is 1. The van der Waals surface area contributed by atoms with Crippen LogP contribution >= 0.6 is 23.5 Å². The molecule has 0 aromatic heterocycles. The molecule has 6 heteroatoms. The maximum Gasteiger partial charge on any atom is 0.347 e. The first-order chi connectivity index (χ1) is 13.4. The third-order valence-electron chi connectivity index (χ3n) is 5.06. The van der Waals surface area contributed by atoms with Crippen LogP contribution in [0.5, 0.6) is 5.75 Å². The van der Waals surface area contributed by atoms with Crippen LogP contribution < -0.4 is 0 Å². The Morgan fingerprint density at radius 1 is 1.14 bits per heavy atom. The molecular formula is C23H31NO3S2. The van der Waals surface area contributed by atoms with Gasteiger partial charge in [0.25, 0.3) is 0 Å². The molecule has 0 aliphatic carbocycles. The molecule has 1 aromatic rings. The maximum absolute atomic E-state index is 12.4. The average Bonchev–Trinajstić information content (AvgIpc) is 3.04. The van der Waals surface area contributed by atoms with E-state index in [1.807, 2.05) is 6.92 Å². The Labute approximate surface area is 182 Å². The molecule has 0 unspecified atom stereocenters. The third-order valence-corrected chi connectivity index (χ3v) is 7.21. The van der Waals surface area contributed by atoms with Crippen LogP contribution in [0.4, 0.5) is 0 Å². The molecule has 0 radical (unpaired) electrons. The first-order valence-corrected chi connectivity index (χ1v) is 11.9. The zero-order valence-electron chi connectivity index (χ0n) is 18.4. The predicted molar refractivity (Wildman–Crippen MR) is 124 cm³/mol. The van der Waals surface area contributed by atoms with Crippen molar-refractivity contribution in [2.75, 3.05) is 18.9 Å². The van der Waals surface area contributed by atoms with Gasteiger partial charge in [-0.25, -0.2) is 4.79 Å². The zero-order chi connectivity index (χ0) is 21.6. The van der Waals surface area contributed by atoms with E-state index in [4.69, 9.17) is 4.74 Å². The number of phenolic OH excluding ortho intramolecular Hbond substituents is 1. The SMILES string of the molecule is CCOC(=O)C1=C2SC=C(c3cc(C(C)(C)C)c(O)c(C(C)(C)C)c3)N2CCS1. The number of hydrogen-bond donors (Lipinski definition) is 1. The van der Waals surface area contributed by atoms with E-state index in [0.29, 0.717) is 17.3 Å². The van der Waals surface area contributed by atoms with Crippen molar-refractivity contribution in [1.29, 1.82) is 0 Å². The van der Waals surface area contributed by atoms with Gasteiger partial charge < -0.3 is 14.7 Å².